The molecule has 0 atom stereocenters. The van der Waals surface area contributed by atoms with Gasteiger partial charge in [0.15, 0.2) is 0 Å². The van der Waals surface area contributed by atoms with Crippen molar-refractivity contribution in [2.45, 2.75) is 38.8 Å². The quantitative estimate of drug-likeness (QED) is 0.444. The minimum absolute atomic E-state index is 0.0543. The van der Waals surface area contributed by atoms with E-state index in [9.17, 15) is 17.6 Å². The third-order valence-corrected chi connectivity index (χ3v) is 5.30. The Balaban J connectivity index is 1.99. The normalized spacial score (nSPS) is 14.0. The molecule has 0 radical (unpaired) electrons. The first-order valence-corrected chi connectivity index (χ1v) is 9.30. The van der Waals surface area contributed by atoms with Crippen molar-refractivity contribution in [2.24, 2.45) is 0 Å². The molecule has 0 fully saturated rings. The minimum atomic E-state index is -4.47. The molecule has 3 aromatic rings. The van der Waals surface area contributed by atoms with Crippen LogP contribution >= 0.6 is 0 Å². The zero-order chi connectivity index (χ0) is 19.9. The molecule has 144 valence electrons. The average molecular weight is 385 g/mol. The Labute approximate surface area is 161 Å². The van der Waals surface area contributed by atoms with E-state index < -0.39 is 11.7 Å². The average Bonchev–Trinajstić information content (AvgIpc) is 2.68. The van der Waals surface area contributed by atoms with Crippen LogP contribution in [0.15, 0.2) is 48.5 Å². The molecule has 1 aliphatic rings. The van der Waals surface area contributed by atoms with Gasteiger partial charge in [-0.3, -0.25) is 4.98 Å². The molecule has 0 bridgehead atoms. The third-order valence-electron chi connectivity index (χ3n) is 5.30. The highest BCUT2D eigenvalue weighted by Crippen LogP contribution is 2.40. The van der Waals surface area contributed by atoms with Gasteiger partial charge in [0.1, 0.15) is 5.82 Å². The molecule has 28 heavy (non-hydrogen) atoms. The third kappa shape index (κ3) is 3.41. The van der Waals surface area contributed by atoms with Crippen molar-refractivity contribution in [2.75, 3.05) is 0 Å². The molecule has 4 rings (SSSR count). The van der Waals surface area contributed by atoms with E-state index in [0.717, 1.165) is 54.1 Å². The van der Waals surface area contributed by atoms with Crippen molar-refractivity contribution in [3.63, 3.8) is 0 Å². The maximum atomic E-state index is 13.9. The summed E-state index contributed by atoms with van der Waals surface area (Å²) >= 11 is 0. The number of benzene rings is 2. The number of rotatable bonds is 2. The molecule has 0 spiro atoms. The molecule has 0 unspecified atom stereocenters. The minimum Gasteiger partial charge on any atom is -0.252 e. The van der Waals surface area contributed by atoms with Gasteiger partial charge in [-0.1, -0.05) is 24.3 Å². The zero-order valence-electron chi connectivity index (χ0n) is 15.4. The molecule has 1 aliphatic carbocycles. The predicted octanol–water partition coefficient (Wildman–Crippen LogP) is 6.76. The summed E-state index contributed by atoms with van der Waals surface area (Å²) < 4.78 is 54.6. The number of hydrogen-bond donors (Lipinski definition) is 0. The van der Waals surface area contributed by atoms with E-state index in [4.69, 9.17) is 0 Å². The molecule has 1 aromatic heterocycles. The van der Waals surface area contributed by atoms with Crippen molar-refractivity contribution in [1.29, 1.82) is 0 Å². The molecule has 1 nitrogen and oxygen atoms in total. The van der Waals surface area contributed by atoms with Gasteiger partial charge in [0.05, 0.1) is 11.3 Å². The maximum Gasteiger partial charge on any atom is 0.417 e. The summed E-state index contributed by atoms with van der Waals surface area (Å²) in [6.07, 6.45) is -1.00. The Bertz CT molecular complexity index is 1040. The molecule has 0 saturated carbocycles. The smallest absolute Gasteiger partial charge is 0.252 e. The molecule has 1 heterocycles. The number of hydrogen-bond acceptors (Lipinski definition) is 1. The van der Waals surface area contributed by atoms with E-state index in [1.165, 1.54) is 24.3 Å². The van der Waals surface area contributed by atoms with Crippen LogP contribution in [-0.2, 0) is 19.0 Å². The number of pyridine rings is 1. The first kappa shape index (κ1) is 18.7. The van der Waals surface area contributed by atoms with Crippen LogP contribution in [0.25, 0.3) is 22.4 Å². The van der Waals surface area contributed by atoms with Gasteiger partial charge in [-0.05, 0) is 79.1 Å². The molecule has 0 saturated heterocycles. The van der Waals surface area contributed by atoms with Gasteiger partial charge in [0.25, 0.3) is 0 Å². The Morgan fingerprint density at radius 1 is 0.857 bits per heavy atom. The van der Waals surface area contributed by atoms with Crippen LogP contribution in [0.2, 0.25) is 0 Å². The van der Waals surface area contributed by atoms with Crippen molar-refractivity contribution in [3.05, 3.63) is 76.7 Å². The topological polar surface area (TPSA) is 12.9 Å². The Kier molecular flexibility index (Phi) is 4.69. The summed E-state index contributed by atoms with van der Waals surface area (Å²) in [4.78, 5) is 4.60. The Morgan fingerprint density at radius 2 is 1.61 bits per heavy atom. The van der Waals surface area contributed by atoms with Crippen LogP contribution in [-0.4, -0.2) is 4.98 Å². The van der Waals surface area contributed by atoms with Crippen LogP contribution in [0.1, 0.15) is 35.2 Å². The Hall–Kier alpha value is -2.69. The number of halogens is 4. The molecular formula is C23H19F4N. The highest BCUT2D eigenvalue weighted by Gasteiger charge is 2.34. The maximum absolute atomic E-state index is 13.9. The fraction of sp³-hybridized carbons (Fsp3) is 0.261. The fourth-order valence-electron chi connectivity index (χ4n) is 3.92. The lowest BCUT2D eigenvalue weighted by molar-refractivity contribution is -0.137. The second-order valence-corrected chi connectivity index (χ2v) is 7.19. The monoisotopic (exact) mass is 385 g/mol. The van der Waals surface area contributed by atoms with E-state index in [-0.39, 0.29) is 17.1 Å². The number of fused-ring (bicyclic) bond motifs is 1. The first-order valence-electron chi connectivity index (χ1n) is 9.30. The lowest BCUT2D eigenvalue weighted by Crippen LogP contribution is -2.11. The summed E-state index contributed by atoms with van der Waals surface area (Å²) in [7, 11) is 0. The SMILES string of the molecule is Cc1ccc(F)cc1-c1cc(-c2ccccc2C(F)(F)F)nc2c1CCCC2. The van der Waals surface area contributed by atoms with Crippen LogP contribution in [0.3, 0.4) is 0 Å². The van der Waals surface area contributed by atoms with Gasteiger partial charge in [0, 0.05) is 11.3 Å². The first-order chi connectivity index (χ1) is 13.3. The molecule has 5 heteroatoms. The zero-order valence-corrected chi connectivity index (χ0v) is 15.4. The lowest BCUT2D eigenvalue weighted by atomic mass is 9.86. The number of aromatic nitrogens is 1. The van der Waals surface area contributed by atoms with Crippen molar-refractivity contribution >= 4 is 0 Å². The standard InChI is InChI=1S/C23H19F4N/c1-14-10-11-15(24)12-18(14)19-13-22(28-21-9-5-3-6-16(19)21)17-7-2-4-8-20(17)23(25,26)27/h2,4,7-8,10-13H,3,5-6,9H2,1H3. The van der Waals surface area contributed by atoms with E-state index in [1.807, 2.05) is 6.92 Å². The van der Waals surface area contributed by atoms with E-state index in [2.05, 4.69) is 4.98 Å². The largest absolute Gasteiger partial charge is 0.417 e. The Morgan fingerprint density at radius 3 is 2.39 bits per heavy atom. The molecule has 0 aliphatic heterocycles. The fourth-order valence-corrected chi connectivity index (χ4v) is 3.92. The summed E-state index contributed by atoms with van der Waals surface area (Å²) in [5.74, 6) is -0.362. The molecule has 0 amide bonds. The van der Waals surface area contributed by atoms with Crippen LogP contribution < -0.4 is 0 Å². The van der Waals surface area contributed by atoms with Crippen LogP contribution in [0.4, 0.5) is 17.6 Å². The van der Waals surface area contributed by atoms with Crippen molar-refractivity contribution in [1.82, 2.24) is 4.98 Å². The van der Waals surface area contributed by atoms with E-state index >= 15 is 0 Å². The molecular weight excluding hydrogens is 366 g/mol. The highest BCUT2D eigenvalue weighted by molar-refractivity contribution is 5.77. The molecule has 0 N–H and O–H groups in total. The second kappa shape index (κ2) is 7.04. The number of aryl methyl sites for hydroxylation is 2. The highest BCUT2D eigenvalue weighted by atomic mass is 19.4. The van der Waals surface area contributed by atoms with Gasteiger partial charge in [-0.25, -0.2) is 4.39 Å². The van der Waals surface area contributed by atoms with Gasteiger partial charge in [0.2, 0.25) is 0 Å². The van der Waals surface area contributed by atoms with Crippen LogP contribution in [0, 0.1) is 12.7 Å². The summed E-state index contributed by atoms with van der Waals surface area (Å²) in [5.41, 5.74) is 3.86. The van der Waals surface area contributed by atoms with Gasteiger partial charge in [-0.15, -0.1) is 0 Å². The van der Waals surface area contributed by atoms with E-state index in [1.54, 1.807) is 18.2 Å². The van der Waals surface area contributed by atoms with E-state index in [0.29, 0.717) is 5.56 Å². The van der Waals surface area contributed by atoms with Gasteiger partial charge >= 0.3 is 6.18 Å². The summed E-state index contributed by atoms with van der Waals surface area (Å²) in [5, 5.41) is 0. The summed E-state index contributed by atoms with van der Waals surface area (Å²) in [6.45, 7) is 1.88. The number of nitrogens with zero attached hydrogens (tertiary/aromatic N) is 1. The molecule has 2 aromatic carbocycles. The van der Waals surface area contributed by atoms with Crippen molar-refractivity contribution < 1.29 is 17.6 Å². The van der Waals surface area contributed by atoms with Gasteiger partial charge in [-0.2, -0.15) is 13.2 Å². The van der Waals surface area contributed by atoms with Crippen molar-refractivity contribution in [3.8, 4) is 22.4 Å². The lowest BCUT2D eigenvalue weighted by Gasteiger charge is -2.22. The number of alkyl halides is 3. The van der Waals surface area contributed by atoms with Crippen LogP contribution in [0.5, 0.6) is 0 Å². The summed E-state index contributed by atoms with van der Waals surface area (Å²) in [6, 6.07) is 11.7. The second-order valence-electron chi connectivity index (χ2n) is 7.19. The van der Waals surface area contributed by atoms with Gasteiger partial charge < -0.3 is 0 Å². The predicted molar refractivity (Wildman–Crippen MR) is 101 cm³/mol.